The first-order chi connectivity index (χ1) is 10.9. The summed E-state index contributed by atoms with van der Waals surface area (Å²) in [5.74, 6) is -0.0409. The summed E-state index contributed by atoms with van der Waals surface area (Å²) in [5, 5.41) is 2.57. The van der Waals surface area contributed by atoms with Crippen LogP contribution in [-0.2, 0) is 25.6 Å². The van der Waals surface area contributed by atoms with Crippen LogP contribution in [0.1, 0.15) is 31.7 Å². The zero-order valence-corrected chi connectivity index (χ0v) is 12.7. The monoisotopic (exact) mass is 319 g/mol. The van der Waals surface area contributed by atoms with E-state index >= 15 is 0 Å². The van der Waals surface area contributed by atoms with Gasteiger partial charge in [0, 0.05) is 12.8 Å². The average molecular weight is 319 g/mol. The predicted molar refractivity (Wildman–Crippen MR) is 77.3 cm³/mol. The van der Waals surface area contributed by atoms with E-state index in [2.05, 4.69) is 5.32 Å². The van der Waals surface area contributed by atoms with E-state index in [-0.39, 0.29) is 31.7 Å². The van der Waals surface area contributed by atoms with Crippen LogP contribution >= 0.6 is 0 Å². The molecule has 1 aromatic rings. The van der Waals surface area contributed by atoms with E-state index in [0.717, 1.165) is 5.56 Å². The quantitative estimate of drug-likeness (QED) is 0.860. The maximum atomic E-state index is 12.1. The van der Waals surface area contributed by atoms with E-state index < -0.39 is 23.6 Å². The molecule has 122 valence electrons. The van der Waals surface area contributed by atoms with Gasteiger partial charge in [0.05, 0.1) is 6.42 Å². The lowest BCUT2D eigenvalue weighted by atomic mass is 9.78. The Morgan fingerprint density at radius 2 is 2.00 bits per heavy atom. The fourth-order valence-electron chi connectivity index (χ4n) is 2.96. The summed E-state index contributed by atoms with van der Waals surface area (Å²) in [6.07, 6.45) is -1.27. The third-order valence-corrected chi connectivity index (χ3v) is 4.23. The third-order valence-electron chi connectivity index (χ3n) is 4.23. The third kappa shape index (κ3) is 2.86. The highest BCUT2D eigenvalue weighted by atomic mass is 16.8. The van der Waals surface area contributed by atoms with Gasteiger partial charge >= 0.3 is 12.2 Å². The van der Waals surface area contributed by atoms with E-state index in [1.54, 1.807) is 6.92 Å². The van der Waals surface area contributed by atoms with Crippen LogP contribution in [0, 0.1) is 0 Å². The van der Waals surface area contributed by atoms with Crippen LogP contribution < -0.4 is 5.32 Å². The van der Waals surface area contributed by atoms with Crippen molar-refractivity contribution in [2.75, 3.05) is 0 Å². The second kappa shape index (κ2) is 5.57. The number of hydrogen-bond acceptors (Lipinski definition) is 6. The number of nitrogens with one attached hydrogen (secondary N) is 1. The van der Waals surface area contributed by atoms with Gasteiger partial charge in [-0.15, -0.1) is 0 Å². The summed E-state index contributed by atoms with van der Waals surface area (Å²) in [6.45, 7) is 1.67. The fourth-order valence-corrected chi connectivity index (χ4v) is 2.96. The van der Waals surface area contributed by atoms with Gasteiger partial charge in [0.25, 0.3) is 0 Å². The number of rotatable bonds is 3. The van der Waals surface area contributed by atoms with E-state index in [9.17, 15) is 14.4 Å². The molecule has 1 amide bonds. The summed E-state index contributed by atoms with van der Waals surface area (Å²) < 4.78 is 15.5. The Balaban J connectivity index is 1.68. The first-order valence-corrected chi connectivity index (χ1v) is 7.35. The minimum absolute atomic E-state index is 0.00228. The summed E-state index contributed by atoms with van der Waals surface area (Å²) in [6, 6.07) is 9.20. The molecule has 1 aliphatic carbocycles. The Morgan fingerprint density at radius 3 is 2.74 bits per heavy atom. The molecule has 2 atom stereocenters. The number of hydrogen-bond donors (Lipinski definition) is 1. The van der Waals surface area contributed by atoms with Gasteiger partial charge in [0.2, 0.25) is 5.72 Å². The van der Waals surface area contributed by atoms with E-state index in [0.29, 0.717) is 0 Å². The first-order valence-electron chi connectivity index (χ1n) is 7.35. The normalized spacial score (nSPS) is 29.3. The zero-order chi connectivity index (χ0) is 16.5. The van der Waals surface area contributed by atoms with Gasteiger partial charge in [0.15, 0.2) is 5.60 Å². The molecule has 1 heterocycles. The lowest BCUT2D eigenvalue weighted by molar-refractivity contribution is -0.139. The molecule has 3 rings (SSSR count). The molecular weight excluding hydrogens is 302 g/mol. The maximum absolute atomic E-state index is 12.1. The SMILES string of the molecule is CC12CC(=O)CCC1(NC(=O)OCc1ccccc1)OC(=O)O2. The second-order valence-electron chi connectivity index (χ2n) is 5.91. The molecule has 7 nitrogen and oxygen atoms in total. The molecular formula is C16H17NO6. The van der Waals surface area contributed by atoms with Crippen molar-refractivity contribution in [1.29, 1.82) is 0 Å². The van der Waals surface area contributed by atoms with Crippen molar-refractivity contribution in [2.45, 2.75) is 44.1 Å². The van der Waals surface area contributed by atoms with Crippen molar-refractivity contribution >= 4 is 18.0 Å². The lowest BCUT2D eigenvalue weighted by Crippen LogP contribution is -2.64. The number of benzene rings is 1. The van der Waals surface area contributed by atoms with Gasteiger partial charge in [-0.25, -0.2) is 9.59 Å². The molecule has 1 aliphatic heterocycles. The van der Waals surface area contributed by atoms with E-state index in [4.69, 9.17) is 14.2 Å². The highest BCUT2D eigenvalue weighted by molar-refractivity contribution is 5.83. The van der Waals surface area contributed by atoms with Gasteiger partial charge in [0.1, 0.15) is 12.4 Å². The molecule has 0 bridgehead atoms. The molecule has 1 aromatic carbocycles. The van der Waals surface area contributed by atoms with Gasteiger partial charge in [-0.3, -0.25) is 10.1 Å². The molecule has 2 fully saturated rings. The van der Waals surface area contributed by atoms with Gasteiger partial charge in [-0.2, -0.15) is 0 Å². The van der Waals surface area contributed by atoms with Crippen molar-refractivity contribution in [3.05, 3.63) is 35.9 Å². The number of alkyl carbamates (subject to hydrolysis) is 1. The maximum Gasteiger partial charge on any atom is 0.511 e. The Bertz CT molecular complexity index is 645. The first kappa shape index (κ1) is 15.3. The highest BCUT2D eigenvalue weighted by Crippen LogP contribution is 2.44. The van der Waals surface area contributed by atoms with Crippen LogP contribution in [0.4, 0.5) is 9.59 Å². The van der Waals surface area contributed by atoms with Crippen LogP contribution in [0.5, 0.6) is 0 Å². The standard InChI is InChI=1S/C16H17NO6/c1-15-9-12(18)7-8-16(15,23-14(20)22-15)17-13(19)21-10-11-5-3-2-4-6-11/h2-6H,7-10H2,1H3,(H,17,19). The number of Topliss-reactive ketones (excluding diaryl/α,β-unsaturated/α-hetero) is 1. The van der Waals surface area contributed by atoms with Crippen molar-refractivity contribution in [3.63, 3.8) is 0 Å². The summed E-state index contributed by atoms with van der Waals surface area (Å²) in [5.41, 5.74) is -1.75. The van der Waals surface area contributed by atoms with Crippen molar-refractivity contribution in [1.82, 2.24) is 5.32 Å². The molecule has 2 aliphatic rings. The largest absolute Gasteiger partial charge is 0.511 e. The molecule has 0 aromatic heterocycles. The summed E-state index contributed by atoms with van der Waals surface area (Å²) >= 11 is 0. The fraction of sp³-hybridized carbons (Fsp3) is 0.438. The molecule has 0 spiro atoms. The number of carbonyl (C=O) groups excluding carboxylic acids is 3. The predicted octanol–water partition coefficient (Wildman–Crippen LogP) is 2.29. The van der Waals surface area contributed by atoms with Crippen LogP contribution in [0.25, 0.3) is 0 Å². The number of amides is 1. The van der Waals surface area contributed by atoms with Crippen LogP contribution in [0.15, 0.2) is 30.3 Å². The van der Waals surface area contributed by atoms with Crippen molar-refractivity contribution in [3.8, 4) is 0 Å². The molecule has 2 unspecified atom stereocenters. The minimum atomic E-state index is -1.37. The number of carbonyl (C=O) groups is 3. The van der Waals surface area contributed by atoms with Gasteiger partial charge in [-0.1, -0.05) is 30.3 Å². The molecule has 1 N–H and O–H groups in total. The molecule has 1 saturated heterocycles. The molecule has 23 heavy (non-hydrogen) atoms. The Hall–Kier alpha value is -2.57. The van der Waals surface area contributed by atoms with Crippen LogP contribution in [0.2, 0.25) is 0 Å². The Morgan fingerprint density at radius 1 is 1.26 bits per heavy atom. The molecule has 1 saturated carbocycles. The summed E-state index contributed by atoms with van der Waals surface area (Å²) in [7, 11) is 0. The van der Waals surface area contributed by atoms with Crippen LogP contribution in [0.3, 0.4) is 0 Å². The minimum Gasteiger partial charge on any atom is -0.445 e. The lowest BCUT2D eigenvalue weighted by Gasteiger charge is -2.41. The number of ketones is 1. The number of ether oxygens (including phenoxy) is 3. The topological polar surface area (TPSA) is 90.9 Å². The average Bonchev–Trinajstić information content (AvgIpc) is 2.75. The summed E-state index contributed by atoms with van der Waals surface area (Å²) in [4.78, 5) is 35.3. The smallest absolute Gasteiger partial charge is 0.445 e. The zero-order valence-electron chi connectivity index (χ0n) is 12.7. The van der Waals surface area contributed by atoms with E-state index in [1.165, 1.54) is 0 Å². The molecule has 7 heteroatoms. The number of fused-ring (bicyclic) bond motifs is 1. The second-order valence-corrected chi connectivity index (χ2v) is 5.91. The Labute approximate surface area is 132 Å². The van der Waals surface area contributed by atoms with Gasteiger partial charge < -0.3 is 14.2 Å². The highest BCUT2D eigenvalue weighted by Gasteiger charge is 2.64. The van der Waals surface area contributed by atoms with Crippen molar-refractivity contribution < 1.29 is 28.6 Å². The van der Waals surface area contributed by atoms with Gasteiger partial charge in [-0.05, 0) is 12.5 Å². The van der Waals surface area contributed by atoms with E-state index in [1.807, 2.05) is 30.3 Å². The van der Waals surface area contributed by atoms with Crippen molar-refractivity contribution in [2.24, 2.45) is 0 Å². The Kier molecular flexibility index (Phi) is 3.71. The van der Waals surface area contributed by atoms with Crippen LogP contribution in [-0.4, -0.2) is 29.4 Å². The molecule has 0 radical (unpaired) electrons.